The molecule has 0 radical (unpaired) electrons. The minimum Gasteiger partial charge on any atom is -0.0985 e. The second kappa shape index (κ2) is 6.47. The average Bonchev–Trinajstić information content (AvgIpc) is 2.05. The van der Waals surface area contributed by atoms with Gasteiger partial charge in [-0.25, -0.2) is 0 Å². The van der Waals surface area contributed by atoms with Gasteiger partial charge in [0.15, 0.2) is 0 Å². The Labute approximate surface area is 83.3 Å². The van der Waals surface area contributed by atoms with Crippen molar-refractivity contribution in [2.75, 3.05) is 0 Å². The minimum absolute atomic E-state index is 0. The summed E-state index contributed by atoms with van der Waals surface area (Å²) >= 11 is 0. The van der Waals surface area contributed by atoms with E-state index in [4.69, 9.17) is 0 Å². The van der Waals surface area contributed by atoms with Crippen LogP contribution >= 0.6 is 0 Å². The number of hydrogen-bond donors (Lipinski definition) is 0. The van der Waals surface area contributed by atoms with Crippen LogP contribution in [-0.4, -0.2) is 0 Å². The van der Waals surface area contributed by atoms with Gasteiger partial charge in [0.2, 0.25) is 0 Å². The highest BCUT2D eigenvalue weighted by atomic mass is 14.0. The molecule has 0 heterocycles. The third-order valence-corrected chi connectivity index (χ3v) is 1.81. The predicted octanol–water partition coefficient (Wildman–Crippen LogP) is 4.73. The molecule has 0 unspecified atom stereocenters. The van der Waals surface area contributed by atoms with Gasteiger partial charge in [0.25, 0.3) is 0 Å². The van der Waals surface area contributed by atoms with Gasteiger partial charge in [0, 0.05) is 0 Å². The molecule has 1 aromatic rings. The summed E-state index contributed by atoms with van der Waals surface area (Å²) in [4.78, 5) is 0. The maximum absolute atomic E-state index is 3.73. The summed E-state index contributed by atoms with van der Waals surface area (Å²) in [5.41, 5.74) is 2.58. The first-order valence-electron chi connectivity index (χ1n) is 3.96. The third-order valence-electron chi connectivity index (χ3n) is 1.81. The van der Waals surface area contributed by atoms with E-state index < -0.39 is 0 Å². The predicted molar refractivity (Wildman–Crippen MR) is 64.1 cm³/mol. The van der Waals surface area contributed by atoms with Gasteiger partial charge in [0.05, 0.1) is 0 Å². The van der Waals surface area contributed by atoms with Crippen LogP contribution < -0.4 is 0 Å². The zero-order chi connectivity index (χ0) is 8.27. The molecular formula is C13H22. The highest BCUT2D eigenvalue weighted by Crippen LogP contribution is 2.15. The molecule has 0 saturated heterocycles. The topological polar surface area (TPSA) is 0 Å². The molecule has 74 valence electrons. The van der Waals surface area contributed by atoms with Crippen LogP contribution in [0, 0.1) is 0 Å². The molecule has 0 heteroatoms. The Morgan fingerprint density at radius 1 is 1.23 bits per heavy atom. The Balaban J connectivity index is 0. The molecular weight excluding hydrogens is 156 g/mol. The first kappa shape index (κ1) is 14.5. The number of benzene rings is 1. The molecule has 0 nitrogen and oxygen atoms in total. The Morgan fingerprint density at radius 2 is 1.85 bits per heavy atom. The van der Waals surface area contributed by atoms with Crippen LogP contribution in [0.5, 0.6) is 0 Å². The van der Waals surface area contributed by atoms with Crippen molar-refractivity contribution in [2.45, 2.75) is 34.6 Å². The van der Waals surface area contributed by atoms with Crippen LogP contribution in [0.3, 0.4) is 0 Å². The molecule has 0 fully saturated rings. The van der Waals surface area contributed by atoms with Crippen molar-refractivity contribution in [3.05, 3.63) is 42.0 Å². The fraction of sp³-hybridized carbons (Fsp3) is 0.385. The average molecular weight is 178 g/mol. The van der Waals surface area contributed by atoms with Gasteiger partial charge in [0.1, 0.15) is 0 Å². The quantitative estimate of drug-likeness (QED) is 0.614. The van der Waals surface area contributed by atoms with Crippen LogP contribution in [-0.2, 0) is 0 Å². The van der Waals surface area contributed by atoms with E-state index in [9.17, 15) is 0 Å². The first-order valence-corrected chi connectivity index (χ1v) is 3.96. The second-order valence-corrected chi connectivity index (χ2v) is 3.03. The first-order chi connectivity index (χ1) is 5.24. The Bertz CT molecular complexity index is 246. The molecule has 0 N–H and O–H groups in total. The lowest BCUT2D eigenvalue weighted by molar-refractivity contribution is 0.866. The summed E-state index contributed by atoms with van der Waals surface area (Å²) in [6.45, 7) is 8.12. The van der Waals surface area contributed by atoms with Gasteiger partial charge in [-0.3, -0.25) is 0 Å². The fourth-order valence-corrected chi connectivity index (χ4v) is 1.05. The van der Waals surface area contributed by atoms with Crippen LogP contribution in [0.2, 0.25) is 0 Å². The summed E-state index contributed by atoms with van der Waals surface area (Å²) in [7, 11) is 0. The molecule has 13 heavy (non-hydrogen) atoms. The summed E-state index contributed by atoms with van der Waals surface area (Å²) < 4.78 is 0. The van der Waals surface area contributed by atoms with Gasteiger partial charge in [-0.15, -0.1) is 0 Å². The minimum atomic E-state index is 0. The van der Waals surface area contributed by atoms with E-state index in [-0.39, 0.29) is 14.9 Å². The molecule has 0 spiro atoms. The maximum atomic E-state index is 3.73. The summed E-state index contributed by atoms with van der Waals surface area (Å²) in [5, 5.41) is 0. The van der Waals surface area contributed by atoms with Crippen molar-refractivity contribution in [2.24, 2.45) is 0 Å². The fourth-order valence-electron chi connectivity index (χ4n) is 1.05. The molecule has 0 bridgehead atoms. The van der Waals surface area contributed by atoms with Gasteiger partial charge >= 0.3 is 0 Å². The Hall–Kier alpha value is -1.04. The standard InChI is InChI=1S/C11H14.2CH4/c1-4-10-6-5-7-11(8-10)9(2)3;;/h4-9H,1H2,2-3H3;2*1H4. The van der Waals surface area contributed by atoms with E-state index in [1.165, 1.54) is 11.1 Å². The smallest absolute Gasteiger partial charge is 0.0219 e. The van der Waals surface area contributed by atoms with Gasteiger partial charge in [-0.2, -0.15) is 0 Å². The van der Waals surface area contributed by atoms with Crippen LogP contribution in [0.4, 0.5) is 0 Å². The van der Waals surface area contributed by atoms with Gasteiger partial charge in [-0.05, 0) is 17.0 Å². The van der Waals surface area contributed by atoms with Gasteiger partial charge < -0.3 is 0 Å². The lowest BCUT2D eigenvalue weighted by Gasteiger charge is -2.04. The lowest BCUT2D eigenvalue weighted by Crippen LogP contribution is -1.86. The van der Waals surface area contributed by atoms with Crippen molar-refractivity contribution in [1.82, 2.24) is 0 Å². The van der Waals surface area contributed by atoms with E-state index >= 15 is 0 Å². The zero-order valence-electron chi connectivity index (χ0n) is 7.17. The SMILES string of the molecule is C.C.C=Cc1cccc(C(C)C)c1. The van der Waals surface area contributed by atoms with Crippen molar-refractivity contribution in [3.63, 3.8) is 0 Å². The van der Waals surface area contributed by atoms with E-state index in [1.54, 1.807) is 0 Å². The molecule has 1 rings (SSSR count). The zero-order valence-corrected chi connectivity index (χ0v) is 7.17. The van der Waals surface area contributed by atoms with Crippen LogP contribution in [0.1, 0.15) is 45.7 Å². The van der Waals surface area contributed by atoms with Crippen molar-refractivity contribution < 1.29 is 0 Å². The van der Waals surface area contributed by atoms with Crippen molar-refractivity contribution in [3.8, 4) is 0 Å². The second-order valence-electron chi connectivity index (χ2n) is 3.03. The van der Waals surface area contributed by atoms with Crippen molar-refractivity contribution >= 4 is 6.08 Å². The van der Waals surface area contributed by atoms with Crippen LogP contribution in [0.25, 0.3) is 6.08 Å². The molecule has 0 saturated carbocycles. The largest absolute Gasteiger partial charge is 0.0985 e. The lowest BCUT2D eigenvalue weighted by atomic mass is 10.0. The van der Waals surface area contributed by atoms with Gasteiger partial charge in [-0.1, -0.05) is 65.6 Å². The maximum Gasteiger partial charge on any atom is -0.0219 e. The molecule has 0 atom stereocenters. The van der Waals surface area contributed by atoms with Crippen molar-refractivity contribution in [1.29, 1.82) is 0 Å². The third kappa shape index (κ3) is 3.93. The van der Waals surface area contributed by atoms with E-state index in [1.807, 2.05) is 6.08 Å². The number of rotatable bonds is 2. The highest BCUT2D eigenvalue weighted by molar-refractivity contribution is 5.48. The Kier molecular flexibility index (Phi) is 7.21. The molecule has 1 aromatic carbocycles. The monoisotopic (exact) mass is 178 g/mol. The summed E-state index contributed by atoms with van der Waals surface area (Å²) in [6, 6.07) is 8.47. The van der Waals surface area contributed by atoms with E-state index in [0.29, 0.717) is 5.92 Å². The molecule has 0 amide bonds. The summed E-state index contributed by atoms with van der Waals surface area (Å²) in [6.07, 6.45) is 1.88. The van der Waals surface area contributed by atoms with E-state index in [0.717, 1.165) is 0 Å². The number of hydrogen-bond acceptors (Lipinski definition) is 0. The van der Waals surface area contributed by atoms with E-state index in [2.05, 4.69) is 44.7 Å². The highest BCUT2D eigenvalue weighted by Gasteiger charge is 1.96. The Morgan fingerprint density at radius 3 is 2.31 bits per heavy atom. The summed E-state index contributed by atoms with van der Waals surface area (Å²) in [5.74, 6) is 0.606. The molecule has 0 aliphatic rings. The molecule has 0 aliphatic heterocycles. The molecule has 0 aromatic heterocycles. The molecule has 0 aliphatic carbocycles. The normalized spacial score (nSPS) is 8.54. The van der Waals surface area contributed by atoms with Crippen LogP contribution in [0.15, 0.2) is 30.8 Å².